The summed E-state index contributed by atoms with van der Waals surface area (Å²) in [6.45, 7) is 0.275. The molecule has 6 nitrogen and oxygen atoms in total. The summed E-state index contributed by atoms with van der Waals surface area (Å²) >= 11 is 1.36. The van der Waals surface area contributed by atoms with Crippen LogP contribution in [0, 0.1) is 5.92 Å². The molecule has 2 amide bonds. The van der Waals surface area contributed by atoms with E-state index in [1.165, 1.54) is 30.6 Å². The predicted molar refractivity (Wildman–Crippen MR) is 101 cm³/mol. The van der Waals surface area contributed by atoms with Gasteiger partial charge in [0, 0.05) is 25.4 Å². The third kappa shape index (κ3) is 7.56. The first kappa shape index (κ1) is 20.4. The lowest BCUT2D eigenvalue weighted by atomic mass is 9.84. The van der Waals surface area contributed by atoms with Gasteiger partial charge in [-0.15, -0.1) is 11.3 Å². The number of hydrogen-bond acceptors (Lipinski definition) is 4. The van der Waals surface area contributed by atoms with Crippen LogP contribution >= 0.6 is 11.3 Å². The van der Waals surface area contributed by atoms with Crippen molar-refractivity contribution in [2.75, 3.05) is 6.54 Å². The number of carboxylic acid groups (broad SMARTS) is 1. The van der Waals surface area contributed by atoms with Crippen molar-refractivity contribution in [2.45, 2.75) is 63.8 Å². The van der Waals surface area contributed by atoms with Gasteiger partial charge in [-0.2, -0.15) is 0 Å². The van der Waals surface area contributed by atoms with Crippen LogP contribution in [-0.2, 0) is 9.59 Å². The molecule has 7 heteroatoms. The van der Waals surface area contributed by atoms with Crippen molar-refractivity contribution in [2.24, 2.45) is 5.92 Å². The van der Waals surface area contributed by atoms with E-state index < -0.39 is 5.97 Å². The monoisotopic (exact) mass is 380 g/mol. The normalized spacial score (nSPS) is 16.0. The van der Waals surface area contributed by atoms with Crippen LogP contribution in [0.4, 0.5) is 0 Å². The van der Waals surface area contributed by atoms with Gasteiger partial charge >= 0.3 is 5.97 Å². The SMILES string of the molecule is O=C(O)CCC(CC1CCCCC1)NC(=O)CCNC(=O)c1cccs1. The Morgan fingerprint density at radius 1 is 1.19 bits per heavy atom. The Morgan fingerprint density at radius 2 is 1.96 bits per heavy atom. The third-order valence-electron chi connectivity index (χ3n) is 4.80. The molecule has 0 bridgehead atoms. The first-order valence-electron chi connectivity index (χ1n) is 9.37. The number of rotatable bonds is 10. The first-order valence-corrected chi connectivity index (χ1v) is 10.3. The Balaban J connectivity index is 1.74. The molecular formula is C19H28N2O4S. The van der Waals surface area contributed by atoms with Gasteiger partial charge in [0.05, 0.1) is 4.88 Å². The summed E-state index contributed by atoms with van der Waals surface area (Å²) in [6.07, 6.45) is 7.61. The molecule has 1 saturated carbocycles. The van der Waals surface area contributed by atoms with E-state index in [1.807, 2.05) is 11.4 Å². The van der Waals surface area contributed by atoms with Crippen LogP contribution in [0.5, 0.6) is 0 Å². The van der Waals surface area contributed by atoms with Gasteiger partial charge in [0.15, 0.2) is 0 Å². The number of carbonyl (C=O) groups is 3. The Kier molecular flexibility index (Phi) is 8.61. The van der Waals surface area contributed by atoms with Crippen molar-refractivity contribution in [1.29, 1.82) is 0 Å². The lowest BCUT2D eigenvalue weighted by Gasteiger charge is -2.27. The van der Waals surface area contributed by atoms with Gasteiger partial charge in [-0.3, -0.25) is 14.4 Å². The number of nitrogens with one attached hydrogen (secondary N) is 2. The molecule has 0 radical (unpaired) electrons. The summed E-state index contributed by atoms with van der Waals surface area (Å²) in [6, 6.07) is 3.45. The zero-order valence-corrected chi connectivity index (χ0v) is 15.9. The minimum Gasteiger partial charge on any atom is -0.481 e. The van der Waals surface area contributed by atoms with E-state index in [0.29, 0.717) is 17.2 Å². The molecule has 1 heterocycles. The standard InChI is InChI=1S/C19H28N2O4S/c22-17(10-11-20-19(25)16-7-4-12-26-16)21-15(8-9-18(23)24)13-14-5-2-1-3-6-14/h4,7,12,14-15H,1-3,5-6,8-11,13H2,(H,20,25)(H,21,22)(H,23,24). The molecular weight excluding hydrogens is 352 g/mol. The van der Waals surface area contributed by atoms with Gasteiger partial charge in [0.2, 0.25) is 5.91 Å². The summed E-state index contributed by atoms with van der Waals surface area (Å²) < 4.78 is 0. The molecule has 144 valence electrons. The summed E-state index contributed by atoms with van der Waals surface area (Å²) in [5.74, 6) is -0.572. The Bertz CT molecular complexity index is 582. The van der Waals surface area contributed by atoms with E-state index in [-0.39, 0.29) is 37.2 Å². The van der Waals surface area contributed by atoms with E-state index >= 15 is 0 Å². The van der Waals surface area contributed by atoms with Gasteiger partial charge in [-0.25, -0.2) is 0 Å². The maximum Gasteiger partial charge on any atom is 0.303 e. The summed E-state index contributed by atoms with van der Waals surface area (Å²) in [5.41, 5.74) is 0. The van der Waals surface area contributed by atoms with Crippen LogP contribution in [0.15, 0.2) is 17.5 Å². The topological polar surface area (TPSA) is 95.5 Å². The molecule has 1 aromatic rings. The van der Waals surface area contributed by atoms with Crippen molar-refractivity contribution < 1.29 is 19.5 Å². The molecule has 0 saturated heterocycles. The summed E-state index contributed by atoms with van der Waals surface area (Å²) in [4.78, 5) is 35.6. The molecule has 0 spiro atoms. The number of aliphatic carboxylic acids is 1. The van der Waals surface area contributed by atoms with E-state index in [9.17, 15) is 14.4 Å². The van der Waals surface area contributed by atoms with Crippen molar-refractivity contribution in [1.82, 2.24) is 10.6 Å². The lowest BCUT2D eigenvalue weighted by Crippen LogP contribution is -2.38. The zero-order chi connectivity index (χ0) is 18.8. The molecule has 3 N–H and O–H groups in total. The zero-order valence-electron chi connectivity index (χ0n) is 15.0. The Labute approximate surface area is 158 Å². The fourth-order valence-electron chi connectivity index (χ4n) is 3.46. The highest BCUT2D eigenvalue weighted by atomic mass is 32.1. The smallest absolute Gasteiger partial charge is 0.303 e. The Morgan fingerprint density at radius 3 is 2.62 bits per heavy atom. The van der Waals surface area contributed by atoms with Crippen LogP contribution in [0.1, 0.15) is 67.5 Å². The van der Waals surface area contributed by atoms with E-state index in [1.54, 1.807) is 6.07 Å². The molecule has 1 unspecified atom stereocenters. The highest BCUT2D eigenvalue weighted by molar-refractivity contribution is 7.12. The van der Waals surface area contributed by atoms with Crippen LogP contribution in [-0.4, -0.2) is 35.5 Å². The molecule has 1 aromatic heterocycles. The largest absolute Gasteiger partial charge is 0.481 e. The van der Waals surface area contributed by atoms with Crippen LogP contribution in [0.2, 0.25) is 0 Å². The highest BCUT2D eigenvalue weighted by Crippen LogP contribution is 2.28. The molecule has 2 rings (SSSR count). The molecule has 1 fully saturated rings. The molecule has 1 aliphatic rings. The van der Waals surface area contributed by atoms with Gasteiger partial charge in [-0.05, 0) is 30.2 Å². The van der Waals surface area contributed by atoms with E-state index in [2.05, 4.69) is 10.6 Å². The Hall–Kier alpha value is -1.89. The molecule has 1 aliphatic carbocycles. The number of carboxylic acids is 1. The lowest BCUT2D eigenvalue weighted by molar-refractivity contribution is -0.137. The second-order valence-corrected chi connectivity index (χ2v) is 7.87. The fraction of sp³-hybridized carbons (Fsp3) is 0.632. The van der Waals surface area contributed by atoms with Crippen LogP contribution in [0.25, 0.3) is 0 Å². The summed E-state index contributed by atoms with van der Waals surface area (Å²) in [5, 5.41) is 16.5. The first-order chi connectivity index (χ1) is 12.5. The number of amides is 2. The molecule has 1 atom stereocenters. The predicted octanol–water partition coefficient (Wildman–Crippen LogP) is 3.19. The number of thiophene rings is 1. The second kappa shape index (κ2) is 11.0. The minimum absolute atomic E-state index is 0.0623. The van der Waals surface area contributed by atoms with E-state index in [0.717, 1.165) is 19.3 Å². The molecule has 0 aliphatic heterocycles. The fourth-order valence-corrected chi connectivity index (χ4v) is 4.10. The third-order valence-corrected chi connectivity index (χ3v) is 5.67. The van der Waals surface area contributed by atoms with Crippen molar-refractivity contribution in [3.63, 3.8) is 0 Å². The van der Waals surface area contributed by atoms with Crippen LogP contribution < -0.4 is 10.6 Å². The maximum atomic E-state index is 12.2. The van der Waals surface area contributed by atoms with Crippen molar-refractivity contribution in [3.05, 3.63) is 22.4 Å². The minimum atomic E-state index is -0.837. The van der Waals surface area contributed by atoms with E-state index in [4.69, 9.17) is 5.11 Å². The highest BCUT2D eigenvalue weighted by Gasteiger charge is 2.21. The van der Waals surface area contributed by atoms with Gasteiger partial charge in [-0.1, -0.05) is 38.2 Å². The summed E-state index contributed by atoms with van der Waals surface area (Å²) in [7, 11) is 0. The second-order valence-electron chi connectivity index (χ2n) is 6.92. The van der Waals surface area contributed by atoms with Gasteiger partial charge in [0.25, 0.3) is 5.91 Å². The van der Waals surface area contributed by atoms with Crippen molar-refractivity contribution >= 4 is 29.1 Å². The van der Waals surface area contributed by atoms with Crippen LogP contribution in [0.3, 0.4) is 0 Å². The average molecular weight is 381 g/mol. The average Bonchev–Trinajstić information content (AvgIpc) is 3.15. The number of hydrogen-bond donors (Lipinski definition) is 3. The maximum absolute atomic E-state index is 12.2. The van der Waals surface area contributed by atoms with Gasteiger partial charge < -0.3 is 15.7 Å². The van der Waals surface area contributed by atoms with Gasteiger partial charge in [0.1, 0.15) is 0 Å². The van der Waals surface area contributed by atoms with Crippen molar-refractivity contribution in [3.8, 4) is 0 Å². The number of carbonyl (C=O) groups excluding carboxylic acids is 2. The molecule has 26 heavy (non-hydrogen) atoms. The quantitative estimate of drug-likeness (QED) is 0.581. The molecule has 0 aromatic carbocycles.